The lowest BCUT2D eigenvalue weighted by Crippen LogP contribution is -2.53. The molecule has 0 aliphatic rings. The Morgan fingerprint density at radius 1 is 1.03 bits per heavy atom. The van der Waals surface area contributed by atoms with Crippen molar-refractivity contribution in [2.75, 3.05) is 6.61 Å². The number of carbonyl (C=O) groups is 2. The van der Waals surface area contributed by atoms with E-state index in [-0.39, 0.29) is 24.0 Å². The van der Waals surface area contributed by atoms with Crippen LogP contribution in [0.2, 0.25) is 0 Å². The lowest BCUT2D eigenvalue weighted by atomic mass is 10.1. The fourth-order valence-corrected chi connectivity index (χ4v) is 3.11. The van der Waals surface area contributed by atoms with Gasteiger partial charge in [0.05, 0.1) is 0 Å². The van der Waals surface area contributed by atoms with Crippen LogP contribution in [0.25, 0.3) is 0 Å². The highest BCUT2D eigenvalue weighted by Gasteiger charge is 2.29. The predicted molar refractivity (Wildman–Crippen MR) is 120 cm³/mol. The summed E-state index contributed by atoms with van der Waals surface area (Å²) in [5.41, 5.74) is 3.75. The highest BCUT2D eigenvalue weighted by atomic mass is 16.5. The first-order valence-electron chi connectivity index (χ1n) is 10.3. The molecule has 0 radical (unpaired) electrons. The monoisotopic (exact) mass is 410 g/mol. The molecule has 0 saturated carbocycles. The minimum Gasteiger partial charge on any atom is -0.483 e. The third-order valence-corrected chi connectivity index (χ3v) is 4.96. The number of nitrogens with zero attached hydrogens (tertiary/aromatic N) is 1. The summed E-state index contributed by atoms with van der Waals surface area (Å²) in [5.74, 6) is 0.276. The number of ether oxygens (including phenoxy) is 1. The van der Waals surface area contributed by atoms with Crippen LogP contribution >= 0.6 is 0 Å². The molecule has 1 atom stereocenters. The Morgan fingerprint density at radius 3 is 2.33 bits per heavy atom. The molecular weight excluding hydrogens is 376 g/mol. The van der Waals surface area contributed by atoms with Gasteiger partial charge in [0.1, 0.15) is 11.8 Å². The number of amides is 2. The zero-order valence-corrected chi connectivity index (χ0v) is 19.2. The Morgan fingerprint density at radius 2 is 1.70 bits per heavy atom. The maximum Gasteiger partial charge on any atom is 0.261 e. The quantitative estimate of drug-likeness (QED) is 0.739. The second kappa shape index (κ2) is 9.79. The molecule has 0 aliphatic carbocycles. The van der Waals surface area contributed by atoms with Crippen molar-refractivity contribution in [3.8, 4) is 5.75 Å². The van der Waals surface area contributed by atoms with Crippen LogP contribution in [-0.4, -0.2) is 34.9 Å². The Balaban J connectivity index is 2.22. The molecule has 0 aliphatic heterocycles. The smallest absolute Gasteiger partial charge is 0.261 e. The van der Waals surface area contributed by atoms with Gasteiger partial charge in [-0.25, -0.2) is 0 Å². The van der Waals surface area contributed by atoms with Gasteiger partial charge in [-0.15, -0.1) is 0 Å². The van der Waals surface area contributed by atoms with Gasteiger partial charge >= 0.3 is 0 Å². The van der Waals surface area contributed by atoms with E-state index < -0.39 is 6.04 Å². The molecule has 2 aromatic carbocycles. The van der Waals surface area contributed by atoms with Gasteiger partial charge in [-0.3, -0.25) is 9.59 Å². The summed E-state index contributed by atoms with van der Waals surface area (Å²) in [6.07, 6.45) is 0. The van der Waals surface area contributed by atoms with Crippen LogP contribution < -0.4 is 10.1 Å². The normalized spacial score (nSPS) is 12.2. The van der Waals surface area contributed by atoms with Crippen molar-refractivity contribution >= 4 is 11.8 Å². The highest BCUT2D eigenvalue weighted by Crippen LogP contribution is 2.20. The summed E-state index contributed by atoms with van der Waals surface area (Å²) >= 11 is 0. The fraction of sp³-hybridized carbons (Fsp3) is 0.440. The molecule has 0 bridgehead atoms. The van der Waals surface area contributed by atoms with Crippen molar-refractivity contribution in [3.05, 3.63) is 64.7 Å². The van der Waals surface area contributed by atoms with Crippen LogP contribution in [0.15, 0.2) is 42.5 Å². The van der Waals surface area contributed by atoms with Crippen LogP contribution in [0.5, 0.6) is 5.75 Å². The molecule has 162 valence electrons. The molecule has 30 heavy (non-hydrogen) atoms. The molecule has 2 rings (SSSR count). The van der Waals surface area contributed by atoms with E-state index in [1.54, 1.807) is 11.8 Å². The van der Waals surface area contributed by atoms with Gasteiger partial charge in [-0.1, -0.05) is 36.4 Å². The number of hydrogen-bond donors (Lipinski definition) is 1. The topological polar surface area (TPSA) is 58.6 Å². The molecule has 0 unspecified atom stereocenters. The van der Waals surface area contributed by atoms with Crippen LogP contribution in [-0.2, 0) is 16.1 Å². The van der Waals surface area contributed by atoms with Crippen LogP contribution in [0.3, 0.4) is 0 Å². The van der Waals surface area contributed by atoms with Gasteiger partial charge in [0.2, 0.25) is 5.91 Å². The van der Waals surface area contributed by atoms with Crippen LogP contribution in [0.1, 0.15) is 49.9 Å². The number of rotatable bonds is 7. The van der Waals surface area contributed by atoms with Crippen molar-refractivity contribution in [1.29, 1.82) is 0 Å². The number of hydrogen-bond acceptors (Lipinski definition) is 3. The lowest BCUT2D eigenvalue weighted by molar-refractivity contribution is -0.142. The second-order valence-electron chi connectivity index (χ2n) is 8.92. The number of benzene rings is 2. The summed E-state index contributed by atoms with van der Waals surface area (Å²) in [5, 5.41) is 2.97. The average molecular weight is 411 g/mol. The molecule has 5 nitrogen and oxygen atoms in total. The van der Waals surface area contributed by atoms with Gasteiger partial charge in [0, 0.05) is 12.1 Å². The van der Waals surface area contributed by atoms with E-state index in [0.717, 1.165) is 22.3 Å². The summed E-state index contributed by atoms with van der Waals surface area (Å²) in [6, 6.07) is 13.2. The highest BCUT2D eigenvalue weighted by molar-refractivity contribution is 5.88. The van der Waals surface area contributed by atoms with E-state index in [1.807, 2.05) is 84.0 Å². The standard InChI is InChI=1S/C25H34N2O3/c1-17-12-13-19(3)22(14-17)30-16-23(28)27(15-21-11-9-8-10-18(21)2)20(4)24(29)26-25(5,6)7/h8-14,20H,15-16H2,1-7H3,(H,26,29)/t20-/m1/s1. The lowest BCUT2D eigenvalue weighted by Gasteiger charge is -2.31. The molecule has 5 heteroatoms. The minimum atomic E-state index is -0.626. The van der Waals surface area contributed by atoms with E-state index in [2.05, 4.69) is 5.32 Å². The minimum absolute atomic E-state index is 0.122. The maximum atomic E-state index is 13.2. The number of carbonyl (C=O) groups excluding carboxylic acids is 2. The van der Waals surface area contributed by atoms with Crippen molar-refractivity contribution in [2.24, 2.45) is 0 Å². The first-order valence-corrected chi connectivity index (χ1v) is 10.3. The average Bonchev–Trinajstić information content (AvgIpc) is 2.66. The zero-order valence-electron chi connectivity index (χ0n) is 19.2. The Bertz CT molecular complexity index is 900. The summed E-state index contributed by atoms with van der Waals surface area (Å²) in [7, 11) is 0. The molecule has 2 aromatic rings. The van der Waals surface area contributed by atoms with E-state index in [1.165, 1.54) is 0 Å². The molecule has 0 fully saturated rings. The third-order valence-electron chi connectivity index (χ3n) is 4.96. The summed E-state index contributed by atoms with van der Waals surface area (Å²) in [6.45, 7) is 13.7. The molecule has 0 saturated heterocycles. The first kappa shape index (κ1) is 23.5. The van der Waals surface area contributed by atoms with Crippen molar-refractivity contribution in [3.63, 3.8) is 0 Å². The van der Waals surface area contributed by atoms with Crippen LogP contribution in [0, 0.1) is 20.8 Å². The zero-order chi connectivity index (χ0) is 22.5. The fourth-order valence-electron chi connectivity index (χ4n) is 3.11. The Hall–Kier alpha value is -2.82. The van der Waals surface area contributed by atoms with Crippen LogP contribution in [0.4, 0.5) is 0 Å². The molecule has 0 spiro atoms. The van der Waals surface area contributed by atoms with Crippen molar-refractivity contribution in [2.45, 2.75) is 66.6 Å². The molecule has 0 aromatic heterocycles. The number of aryl methyl sites for hydroxylation is 3. The molecule has 0 heterocycles. The number of nitrogens with one attached hydrogen (secondary N) is 1. The predicted octanol–water partition coefficient (Wildman–Crippen LogP) is 4.32. The summed E-state index contributed by atoms with van der Waals surface area (Å²) < 4.78 is 5.84. The van der Waals surface area contributed by atoms with E-state index in [9.17, 15) is 9.59 Å². The maximum absolute atomic E-state index is 13.2. The third kappa shape index (κ3) is 6.61. The molecule has 2 amide bonds. The van der Waals surface area contributed by atoms with Crippen molar-refractivity contribution in [1.82, 2.24) is 10.2 Å². The van der Waals surface area contributed by atoms with Gasteiger partial charge in [0.25, 0.3) is 5.91 Å². The molecule has 1 N–H and O–H groups in total. The van der Waals surface area contributed by atoms with Crippen molar-refractivity contribution < 1.29 is 14.3 Å². The largest absolute Gasteiger partial charge is 0.483 e. The second-order valence-corrected chi connectivity index (χ2v) is 8.92. The van der Waals surface area contributed by atoms with Gasteiger partial charge < -0.3 is 15.0 Å². The SMILES string of the molecule is Cc1ccc(C)c(OCC(=O)N(Cc2ccccc2C)[C@H](C)C(=O)NC(C)(C)C)c1. The summed E-state index contributed by atoms with van der Waals surface area (Å²) in [4.78, 5) is 27.6. The van der Waals surface area contributed by atoms with Gasteiger partial charge in [0.15, 0.2) is 6.61 Å². The Labute approximate surface area is 180 Å². The van der Waals surface area contributed by atoms with E-state index in [4.69, 9.17) is 4.74 Å². The van der Waals surface area contributed by atoms with E-state index in [0.29, 0.717) is 12.3 Å². The Kier molecular flexibility index (Phi) is 7.65. The first-order chi connectivity index (χ1) is 14.0. The molecular formula is C25H34N2O3. The van der Waals surface area contributed by atoms with E-state index >= 15 is 0 Å². The van der Waals surface area contributed by atoms with Gasteiger partial charge in [-0.2, -0.15) is 0 Å². The van der Waals surface area contributed by atoms with Gasteiger partial charge in [-0.05, 0) is 76.8 Å².